The van der Waals surface area contributed by atoms with E-state index in [2.05, 4.69) is 5.38 Å². The zero-order valence-corrected chi connectivity index (χ0v) is 11.0. The van der Waals surface area contributed by atoms with Gasteiger partial charge in [-0.25, -0.2) is 4.39 Å². The third kappa shape index (κ3) is 2.86. The minimum absolute atomic E-state index is 0.0955. The smallest absolute Gasteiger partial charge is 0.142 e. The van der Waals surface area contributed by atoms with Crippen LogP contribution in [0.1, 0.15) is 22.7 Å². The van der Waals surface area contributed by atoms with Gasteiger partial charge in [-0.1, -0.05) is 17.7 Å². The molecule has 1 unspecified atom stereocenters. The lowest BCUT2D eigenvalue weighted by atomic mass is 9.99. The molecule has 2 rings (SSSR count). The molecule has 0 saturated heterocycles. The van der Waals surface area contributed by atoms with Crippen molar-refractivity contribution in [2.24, 2.45) is 5.73 Å². The highest BCUT2D eigenvalue weighted by Crippen LogP contribution is 2.24. The molecule has 17 heavy (non-hydrogen) atoms. The normalized spacial score (nSPS) is 12.7. The van der Waals surface area contributed by atoms with Crippen molar-refractivity contribution in [2.45, 2.75) is 19.4 Å². The summed E-state index contributed by atoms with van der Waals surface area (Å²) in [4.78, 5) is 0. The van der Waals surface area contributed by atoms with Crippen LogP contribution < -0.4 is 5.73 Å². The van der Waals surface area contributed by atoms with Gasteiger partial charge in [0.05, 0.1) is 5.02 Å². The Labute approximate surface area is 109 Å². The van der Waals surface area contributed by atoms with Gasteiger partial charge in [-0.15, -0.1) is 0 Å². The molecule has 90 valence electrons. The molecule has 0 fully saturated rings. The first kappa shape index (κ1) is 12.6. The van der Waals surface area contributed by atoms with Crippen molar-refractivity contribution in [1.29, 1.82) is 0 Å². The number of rotatable bonds is 3. The summed E-state index contributed by atoms with van der Waals surface area (Å²) in [5.41, 5.74) is 9.30. The number of benzene rings is 1. The molecule has 1 aromatic carbocycles. The molecular formula is C13H13ClFNS. The lowest BCUT2D eigenvalue weighted by Crippen LogP contribution is -2.13. The third-order valence-electron chi connectivity index (χ3n) is 2.73. The van der Waals surface area contributed by atoms with Crippen molar-refractivity contribution in [2.75, 3.05) is 0 Å². The summed E-state index contributed by atoms with van der Waals surface area (Å²) in [5.74, 6) is -0.390. The van der Waals surface area contributed by atoms with Crippen LogP contribution >= 0.6 is 22.9 Å². The lowest BCUT2D eigenvalue weighted by molar-refractivity contribution is 0.622. The maximum atomic E-state index is 13.3. The van der Waals surface area contributed by atoms with Crippen molar-refractivity contribution in [3.8, 4) is 0 Å². The molecule has 0 aliphatic carbocycles. The van der Waals surface area contributed by atoms with Crippen LogP contribution in [0.15, 0.2) is 29.0 Å². The summed E-state index contributed by atoms with van der Waals surface area (Å²) >= 11 is 7.27. The second-order valence-electron chi connectivity index (χ2n) is 4.07. The Bertz CT molecular complexity index is 524. The molecular weight excluding hydrogens is 257 g/mol. The van der Waals surface area contributed by atoms with Gasteiger partial charge in [-0.3, -0.25) is 0 Å². The van der Waals surface area contributed by atoms with Crippen molar-refractivity contribution in [3.05, 3.63) is 56.5 Å². The highest BCUT2D eigenvalue weighted by atomic mass is 35.5. The number of hydrogen-bond donors (Lipinski definition) is 1. The van der Waals surface area contributed by atoms with Gasteiger partial charge < -0.3 is 5.73 Å². The van der Waals surface area contributed by atoms with E-state index < -0.39 is 5.82 Å². The Morgan fingerprint density at radius 1 is 1.41 bits per heavy atom. The summed E-state index contributed by atoms with van der Waals surface area (Å²) in [6.45, 7) is 2.04. The zero-order chi connectivity index (χ0) is 12.4. The van der Waals surface area contributed by atoms with Crippen LogP contribution in [0.5, 0.6) is 0 Å². The lowest BCUT2D eigenvalue weighted by Gasteiger charge is -2.12. The molecule has 1 nitrogen and oxygen atoms in total. The van der Waals surface area contributed by atoms with Gasteiger partial charge in [0.15, 0.2) is 0 Å². The van der Waals surface area contributed by atoms with E-state index in [9.17, 15) is 4.39 Å². The van der Waals surface area contributed by atoms with Gasteiger partial charge in [-0.2, -0.15) is 11.3 Å². The van der Waals surface area contributed by atoms with E-state index in [4.69, 9.17) is 17.3 Å². The predicted molar refractivity (Wildman–Crippen MR) is 71.1 cm³/mol. The van der Waals surface area contributed by atoms with Crippen molar-refractivity contribution >= 4 is 22.9 Å². The average molecular weight is 270 g/mol. The fraction of sp³-hybridized carbons (Fsp3) is 0.231. The largest absolute Gasteiger partial charge is 0.324 e. The molecule has 0 radical (unpaired) electrons. The molecule has 0 bridgehead atoms. The first-order valence-corrected chi connectivity index (χ1v) is 6.62. The van der Waals surface area contributed by atoms with Crippen LogP contribution in [0.3, 0.4) is 0 Å². The summed E-state index contributed by atoms with van der Waals surface area (Å²) in [5, 5.41) is 4.26. The Hall–Kier alpha value is -0.900. The third-order valence-corrected chi connectivity index (χ3v) is 3.92. The van der Waals surface area contributed by atoms with Crippen LogP contribution in [0.4, 0.5) is 4.39 Å². The highest BCUT2D eigenvalue weighted by Gasteiger charge is 2.11. The summed E-state index contributed by atoms with van der Waals surface area (Å²) in [7, 11) is 0. The fourth-order valence-corrected chi connectivity index (χ4v) is 2.81. The molecule has 0 aliphatic rings. The van der Waals surface area contributed by atoms with E-state index in [0.29, 0.717) is 6.42 Å². The molecule has 0 saturated carbocycles. The van der Waals surface area contributed by atoms with Crippen molar-refractivity contribution in [1.82, 2.24) is 0 Å². The number of hydrogen-bond acceptors (Lipinski definition) is 2. The zero-order valence-electron chi connectivity index (χ0n) is 9.41. The van der Waals surface area contributed by atoms with E-state index >= 15 is 0 Å². The minimum atomic E-state index is -0.390. The fourth-order valence-electron chi connectivity index (χ4n) is 1.78. The van der Waals surface area contributed by atoms with Crippen LogP contribution in [0.25, 0.3) is 0 Å². The SMILES string of the molecule is Cc1cscc1C(N)Cc1ccc(Cl)c(F)c1. The summed E-state index contributed by atoms with van der Waals surface area (Å²) in [6.07, 6.45) is 0.617. The van der Waals surface area contributed by atoms with Crippen LogP contribution in [-0.4, -0.2) is 0 Å². The van der Waals surface area contributed by atoms with E-state index in [1.165, 1.54) is 11.6 Å². The standard InChI is InChI=1S/C13H13ClFNS/c1-8-6-17-7-10(8)13(16)5-9-2-3-11(14)12(15)4-9/h2-4,6-7,13H,5,16H2,1H3. The predicted octanol–water partition coefficient (Wildman–Crippen LogP) is 4.09. The molecule has 0 amide bonds. The first-order valence-electron chi connectivity index (χ1n) is 5.30. The molecule has 1 atom stereocenters. The van der Waals surface area contributed by atoms with Crippen LogP contribution in [0, 0.1) is 12.7 Å². The Morgan fingerprint density at radius 3 is 2.76 bits per heavy atom. The number of nitrogens with two attached hydrogens (primary N) is 1. The quantitative estimate of drug-likeness (QED) is 0.892. The molecule has 1 heterocycles. The maximum Gasteiger partial charge on any atom is 0.142 e. The maximum absolute atomic E-state index is 13.3. The molecule has 0 aliphatic heterocycles. The monoisotopic (exact) mass is 269 g/mol. The van der Waals surface area contributed by atoms with Gasteiger partial charge >= 0.3 is 0 Å². The summed E-state index contributed by atoms with van der Waals surface area (Å²) < 4.78 is 13.3. The number of thiophene rings is 1. The van der Waals surface area contributed by atoms with Crippen LogP contribution in [-0.2, 0) is 6.42 Å². The van der Waals surface area contributed by atoms with Gasteiger partial charge in [-0.05, 0) is 52.9 Å². The van der Waals surface area contributed by atoms with Crippen molar-refractivity contribution < 1.29 is 4.39 Å². The average Bonchev–Trinajstić information content (AvgIpc) is 2.70. The Morgan fingerprint density at radius 2 is 2.18 bits per heavy atom. The molecule has 4 heteroatoms. The Kier molecular flexibility index (Phi) is 3.82. The molecule has 2 aromatic rings. The Balaban J connectivity index is 2.16. The first-order chi connectivity index (χ1) is 8.08. The second kappa shape index (κ2) is 5.17. The van der Waals surface area contributed by atoms with E-state index in [-0.39, 0.29) is 11.1 Å². The van der Waals surface area contributed by atoms with Gasteiger partial charge in [0, 0.05) is 6.04 Å². The van der Waals surface area contributed by atoms with E-state index in [1.54, 1.807) is 17.4 Å². The second-order valence-corrected chi connectivity index (χ2v) is 5.22. The van der Waals surface area contributed by atoms with Crippen molar-refractivity contribution in [3.63, 3.8) is 0 Å². The highest BCUT2D eigenvalue weighted by molar-refractivity contribution is 7.08. The molecule has 0 spiro atoms. The minimum Gasteiger partial charge on any atom is -0.324 e. The van der Waals surface area contributed by atoms with E-state index in [1.807, 2.05) is 18.4 Å². The van der Waals surface area contributed by atoms with Gasteiger partial charge in [0.2, 0.25) is 0 Å². The van der Waals surface area contributed by atoms with E-state index in [0.717, 1.165) is 11.1 Å². The van der Waals surface area contributed by atoms with Crippen LogP contribution in [0.2, 0.25) is 5.02 Å². The number of aryl methyl sites for hydroxylation is 1. The van der Waals surface area contributed by atoms with Gasteiger partial charge in [0.1, 0.15) is 5.82 Å². The van der Waals surface area contributed by atoms with Gasteiger partial charge in [0.25, 0.3) is 0 Å². The number of halogens is 2. The summed E-state index contributed by atoms with van der Waals surface area (Å²) in [6, 6.07) is 4.73. The molecule has 2 N–H and O–H groups in total. The topological polar surface area (TPSA) is 26.0 Å². The molecule has 1 aromatic heterocycles.